The number of ketones is 1. The molecule has 0 aromatic heterocycles. The van der Waals surface area contributed by atoms with Gasteiger partial charge in [-0.2, -0.15) is 0 Å². The zero-order valence-electron chi connectivity index (χ0n) is 26.1. The van der Waals surface area contributed by atoms with Crippen molar-refractivity contribution >= 4 is 23.1 Å². The van der Waals surface area contributed by atoms with Gasteiger partial charge >= 0.3 is 0 Å². The van der Waals surface area contributed by atoms with Crippen molar-refractivity contribution in [1.82, 2.24) is 0 Å². The lowest BCUT2D eigenvalue weighted by Crippen LogP contribution is -2.40. The Morgan fingerprint density at radius 3 is 2.05 bits per heavy atom. The molecule has 5 heteroatoms. The minimum atomic E-state index is -1.09. The summed E-state index contributed by atoms with van der Waals surface area (Å²) in [6.45, 7) is 4.00. The van der Waals surface area contributed by atoms with Crippen molar-refractivity contribution in [3.63, 3.8) is 0 Å². The summed E-state index contributed by atoms with van der Waals surface area (Å²) in [5, 5.41) is 14.9. The van der Waals surface area contributed by atoms with Crippen LogP contribution in [-0.2, 0) is 9.59 Å². The third kappa shape index (κ3) is 7.04. The molecule has 3 atom stereocenters. The first-order valence-corrected chi connectivity index (χ1v) is 16.6. The van der Waals surface area contributed by atoms with E-state index >= 15 is 0 Å². The summed E-state index contributed by atoms with van der Waals surface area (Å²) in [5.74, 6) is 0.897. The van der Waals surface area contributed by atoms with Crippen LogP contribution in [0.3, 0.4) is 0 Å². The molecule has 6 rings (SSSR count). The summed E-state index contributed by atoms with van der Waals surface area (Å²) in [4.78, 5) is 28.8. The molecular formula is C38H48N2O3. The summed E-state index contributed by atoms with van der Waals surface area (Å²) in [6.07, 6.45) is 9.01. The molecule has 3 unspecified atom stereocenters. The highest BCUT2D eigenvalue weighted by molar-refractivity contribution is 5.96. The fraction of sp³-hybridized carbons (Fsp3) is 0.474. The zero-order valence-corrected chi connectivity index (χ0v) is 26.1. The summed E-state index contributed by atoms with van der Waals surface area (Å²) in [5.41, 5.74) is 5.75. The van der Waals surface area contributed by atoms with Crippen molar-refractivity contribution in [2.75, 3.05) is 17.3 Å². The van der Waals surface area contributed by atoms with Crippen molar-refractivity contribution in [1.29, 1.82) is 0 Å². The lowest BCUT2D eigenvalue weighted by molar-refractivity contribution is -0.125. The first-order chi connectivity index (χ1) is 21.0. The SMILES string of the molecule is CC.CNc1ccc(-c2ccc(C(O)N(C(=O)C3CCCCC3)c3cccc(C4CCCC4C(=O)C4CC4)c3)cc2)cc1. The van der Waals surface area contributed by atoms with Gasteiger partial charge in [0.1, 0.15) is 5.78 Å². The number of aliphatic hydroxyl groups is 1. The maximum atomic E-state index is 14.1. The Balaban J connectivity index is 0.00000180. The first-order valence-electron chi connectivity index (χ1n) is 16.6. The van der Waals surface area contributed by atoms with Gasteiger partial charge in [-0.15, -0.1) is 0 Å². The predicted molar refractivity (Wildman–Crippen MR) is 176 cm³/mol. The Hall–Kier alpha value is -3.44. The second kappa shape index (κ2) is 14.4. The van der Waals surface area contributed by atoms with E-state index in [0.717, 1.165) is 92.3 Å². The van der Waals surface area contributed by atoms with Crippen LogP contribution in [0.2, 0.25) is 0 Å². The summed E-state index contributed by atoms with van der Waals surface area (Å²) in [6, 6.07) is 24.2. The molecule has 0 aliphatic heterocycles. The third-order valence-corrected chi connectivity index (χ3v) is 9.59. The number of rotatable bonds is 9. The van der Waals surface area contributed by atoms with E-state index in [1.807, 2.05) is 69.4 Å². The average molecular weight is 581 g/mol. The Morgan fingerprint density at radius 1 is 0.767 bits per heavy atom. The number of Topliss-reactive ketones (excluding diaryl/α,β-unsaturated/α-hetero) is 1. The molecule has 3 aliphatic rings. The predicted octanol–water partition coefficient (Wildman–Crippen LogP) is 8.89. The molecule has 3 fully saturated rings. The summed E-state index contributed by atoms with van der Waals surface area (Å²) >= 11 is 0. The molecule has 0 spiro atoms. The summed E-state index contributed by atoms with van der Waals surface area (Å²) in [7, 11) is 1.90. The molecule has 228 valence electrons. The van der Waals surface area contributed by atoms with Gasteiger partial charge in [-0.05, 0) is 85.4 Å². The van der Waals surface area contributed by atoms with E-state index in [9.17, 15) is 14.7 Å². The summed E-state index contributed by atoms with van der Waals surface area (Å²) < 4.78 is 0. The van der Waals surface area contributed by atoms with Crippen LogP contribution in [0, 0.1) is 17.8 Å². The van der Waals surface area contributed by atoms with Gasteiger partial charge in [-0.25, -0.2) is 0 Å². The van der Waals surface area contributed by atoms with E-state index in [2.05, 4.69) is 29.6 Å². The Morgan fingerprint density at radius 2 is 1.42 bits per heavy atom. The third-order valence-electron chi connectivity index (χ3n) is 9.59. The van der Waals surface area contributed by atoms with Crippen molar-refractivity contribution in [2.45, 2.75) is 90.2 Å². The monoisotopic (exact) mass is 580 g/mol. The van der Waals surface area contributed by atoms with E-state index in [4.69, 9.17) is 0 Å². The lowest BCUT2D eigenvalue weighted by atomic mass is 9.84. The van der Waals surface area contributed by atoms with Crippen LogP contribution in [0.25, 0.3) is 11.1 Å². The number of hydrogen-bond acceptors (Lipinski definition) is 4. The van der Waals surface area contributed by atoms with Crippen LogP contribution in [0.4, 0.5) is 11.4 Å². The molecule has 2 N–H and O–H groups in total. The van der Waals surface area contributed by atoms with Crippen molar-refractivity contribution in [3.8, 4) is 11.1 Å². The molecular weight excluding hydrogens is 532 g/mol. The largest absolute Gasteiger partial charge is 0.388 e. The molecule has 0 radical (unpaired) electrons. The van der Waals surface area contributed by atoms with E-state index in [-0.39, 0.29) is 29.6 Å². The molecule has 0 heterocycles. The van der Waals surface area contributed by atoms with Crippen LogP contribution in [0.15, 0.2) is 72.8 Å². The number of carbonyl (C=O) groups excluding carboxylic acids is 2. The van der Waals surface area contributed by atoms with Crippen molar-refractivity contribution in [3.05, 3.63) is 83.9 Å². The van der Waals surface area contributed by atoms with Gasteiger partial charge in [0.2, 0.25) is 5.91 Å². The Labute approximate surface area is 257 Å². The number of benzene rings is 3. The Kier molecular flexibility index (Phi) is 10.3. The van der Waals surface area contributed by atoms with Gasteiger partial charge in [0, 0.05) is 41.7 Å². The maximum absolute atomic E-state index is 14.1. The number of aliphatic hydroxyl groups excluding tert-OH is 1. The molecule has 0 saturated heterocycles. The quantitative estimate of drug-likeness (QED) is 0.248. The van der Waals surface area contributed by atoms with Gasteiger partial charge in [-0.3, -0.25) is 14.5 Å². The Bertz CT molecular complexity index is 1360. The molecule has 1 amide bonds. The zero-order chi connectivity index (χ0) is 30.3. The number of nitrogens with one attached hydrogen (secondary N) is 1. The molecule has 0 bridgehead atoms. The smallest absolute Gasteiger partial charge is 0.232 e. The van der Waals surface area contributed by atoms with Gasteiger partial charge in [0.25, 0.3) is 0 Å². The minimum Gasteiger partial charge on any atom is -0.388 e. The fourth-order valence-corrected chi connectivity index (χ4v) is 7.04. The number of hydrogen-bond donors (Lipinski definition) is 2. The molecule has 3 aromatic rings. The van der Waals surface area contributed by atoms with Gasteiger partial charge in [0.05, 0.1) is 0 Å². The second-order valence-corrected chi connectivity index (χ2v) is 12.3. The van der Waals surface area contributed by atoms with Crippen LogP contribution in [0.1, 0.15) is 101 Å². The topological polar surface area (TPSA) is 69.6 Å². The van der Waals surface area contributed by atoms with E-state index in [1.165, 1.54) is 0 Å². The van der Waals surface area contributed by atoms with Gasteiger partial charge in [-0.1, -0.05) is 88.1 Å². The molecule has 3 aliphatic carbocycles. The van der Waals surface area contributed by atoms with Crippen LogP contribution >= 0.6 is 0 Å². The normalized spacial score (nSPS) is 20.9. The number of nitrogens with zero attached hydrogens (tertiary/aromatic N) is 1. The minimum absolute atomic E-state index is 0.00175. The number of amides is 1. The number of carbonyl (C=O) groups is 2. The highest BCUT2D eigenvalue weighted by atomic mass is 16.3. The van der Waals surface area contributed by atoms with E-state index in [0.29, 0.717) is 11.3 Å². The first kappa shape index (κ1) is 31.0. The molecule has 3 aromatic carbocycles. The van der Waals surface area contributed by atoms with Gasteiger partial charge in [0.15, 0.2) is 6.23 Å². The molecule has 43 heavy (non-hydrogen) atoms. The highest BCUT2D eigenvalue weighted by Gasteiger charge is 2.41. The second-order valence-electron chi connectivity index (χ2n) is 12.3. The standard InChI is InChI=1S/C36H42N2O3.C2H6/c1-37-30-21-19-25(20-22-30)24-13-17-28(18-14-24)36(41)38(35(40)27-7-3-2-4-8-27)31-10-5-9-29(23-31)32-11-6-12-33(32)34(39)26-15-16-26;1-2/h5,9-10,13-14,17-23,26-27,32-33,36-37,41H,2-4,6-8,11-12,15-16H2,1H3;1-2H3. The van der Waals surface area contributed by atoms with Crippen LogP contribution in [-0.4, -0.2) is 23.8 Å². The van der Waals surface area contributed by atoms with Gasteiger partial charge < -0.3 is 10.4 Å². The fourth-order valence-electron chi connectivity index (χ4n) is 7.04. The average Bonchev–Trinajstić information content (AvgIpc) is 3.82. The van der Waals surface area contributed by atoms with Crippen molar-refractivity contribution in [2.24, 2.45) is 17.8 Å². The van der Waals surface area contributed by atoms with E-state index in [1.54, 1.807) is 4.90 Å². The lowest BCUT2D eigenvalue weighted by Gasteiger charge is -2.34. The van der Waals surface area contributed by atoms with Crippen molar-refractivity contribution < 1.29 is 14.7 Å². The van der Waals surface area contributed by atoms with Crippen LogP contribution in [0.5, 0.6) is 0 Å². The molecule has 5 nitrogen and oxygen atoms in total. The van der Waals surface area contributed by atoms with Crippen LogP contribution < -0.4 is 10.2 Å². The molecule has 3 saturated carbocycles. The highest BCUT2D eigenvalue weighted by Crippen LogP contribution is 2.46. The number of anilines is 2. The maximum Gasteiger partial charge on any atom is 0.232 e. The van der Waals surface area contributed by atoms with E-state index < -0.39 is 6.23 Å².